The highest BCUT2D eigenvalue weighted by atomic mass is 32.2. The van der Waals surface area contributed by atoms with E-state index in [1.54, 1.807) is 0 Å². The molecule has 0 saturated carbocycles. The van der Waals surface area contributed by atoms with Gasteiger partial charge >= 0.3 is 0 Å². The largest absolute Gasteiger partial charge is 0.310 e. The number of fused-ring (bicyclic) bond motifs is 4. The standard InChI is InChI=1S/C48H35N5S/c1-48(2)37-16-6-8-18-39(37)52(40-19-9-7-17-38(40)48)35-28-24-33(25-29-35)46-49-45(32-14-4-3-5-15-32)50-47(51-46)34-26-30-36(31-27-34)53-41-20-10-12-22-43(41)54-44-23-13-11-21-42(44)53/h3-31H,1-2H3. The molecule has 258 valence electrons. The Kier molecular flexibility index (Phi) is 7.67. The lowest BCUT2D eigenvalue weighted by molar-refractivity contribution is 0.632. The second-order valence-electron chi connectivity index (χ2n) is 14.1. The molecule has 0 saturated heterocycles. The second kappa shape index (κ2) is 12.9. The fourth-order valence-electron chi connectivity index (χ4n) is 7.80. The lowest BCUT2D eigenvalue weighted by Gasteiger charge is -2.42. The van der Waals surface area contributed by atoms with Crippen LogP contribution in [0.5, 0.6) is 0 Å². The van der Waals surface area contributed by atoms with E-state index in [0.29, 0.717) is 17.5 Å². The number of para-hydroxylation sites is 4. The van der Waals surface area contributed by atoms with Crippen LogP contribution < -0.4 is 9.80 Å². The zero-order valence-electron chi connectivity index (χ0n) is 29.9. The Morgan fingerprint density at radius 3 is 1.19 bits per heavy atom. The van der Waals surface area contributed by atoms with E-state index in [9.17, 15) is 0 Å². The summed E-state index contributed by atoms with van der Waals surface area (Å²) in [6.07, 6.45) is 0. The van der Waals surface area contributed by atoms with Gasteiger partial charge < -0.3 is 9.80 Å². The molecule has 5 nitrogen and oxygen atoms in total. The van der Waals surface area contributed by atoms with Crippen molar-refractivity contribution in [1.82, 2.24) is 15.0 Å². The van der Waals surface area contributed by atoms with Crippen molar-refractivity contribution < 1.29 is 0 Å². The fourth-order valence-corrected chi connectivity index (χ4v) is 8.86. The van der Waals surface area contributed by atoms with E-state index in [1.165, 1.54) is 43.7 Å². The van der Waals surface area contributed by atoms with Crippen molar-refractivity contribution in [3.8, 4) is 34.2 Å². The molecule has 6 heteroatoms. The third kappa shape index (κ3) is 5.37. The first kappa shape index (κ1) is 32.2. The first-order chi connectivity index (χ1) is 26.5. The Balaban J connectivity index is 1.04. The molecule has 7 aromatic carbocycles. The van der Waals surface area contributed by atoms with Gasteiger partial charge in [-0.05, 0) is 96.1 Å². The van der Waals surface area contributed by atoms with Crippen molar-refractivity contribution in [1.29, 1.82) is 0 Å². The van der Waals surface area contributed by atoms with Gasteiger partial charge in [-0.1, -0.05) is 117 Å². The van der Waals surface area contributed by atoms with E-state index in [-0.39, 0.29) is 5.41 Å². The van der Waals surface area contributed by atoms with E-state index in [1.807, 2.05) is 42.1 Å². The third-order valence-corrected chi connectivity index (χ3v) is 11.6. The van der Waals surface area contributed by atoms with Crippen molar-refractivity contribution in [2.75, 3.05) is 9.80 Å². The maximum atomic E-state index is 5.09. The number of rotatable bonds is 5. The molecule has 0 radical (unpaired) electrons. The van der Waals surface area contributed by atoms with Crippen molar-refractivity contribution in [2.24, 2.45) is 0 Å². The van der Waals surface area contributed by atoms with E-state index < -0.39 is 0 Å². The second-order valence-corrected chi connectivity index (χ2v) is 15.2. The molecule has 0 aliphatic carbocycles. The maximum Gasteiger partial charge on any atom is 0.164 e. The average molecular weight is 714 g/mol. The molecule has 2 aliphatic rings. The van der Waals surface area contributed by atoms with Crippen LogP contribution in [0.4, 0.5) is 34.1 Å². The van der Waals surface area contributed by atoms with E-state index >= 15 is 0 Å². The molecule has 2 aliphatic heterocycles. The van der Waals surface area contributed by atoms with E-state index in [2.05, 4.69) is 169 Å². The van der Waals surface area contributed by atoms with Gasteiger partial charge in [0.05, 0.1) is 22.7 Å². The summed E-state index contributed by atoms with van der Waals surface area (Å²) in [6, 6.07) is 61.9. The van der Waals surface area contributed by atoms with Crippen molar-refractivity contribution in [3.05, 3.63) is 187 Å². The van der Waals surface area contributed by atoms with Crippen LogP contribution in [0.25, 0.3) is 34.2 Å². The monoisotopic (exact) mass is 713 g/mol. The predicted molar refractivity (Wildman–Crippen MR) is 222 cm³/mol. The summed E-state index contributed by atoms with van der Waals surface area (Å²) in [5.74, 6) is 1.90. The van der Waals surface area contributed by atoms with Gasteiger partial charge in [0.15, 0.2) is 17.5 Å². The average Bonchev–Trinajstić information content (AvgIpc) is 3.23. The maximum absolute atomic E-state index is 5.09. The quantitative estimate of drug-likeness (QED) is 0.177. The topological polar surface area (TPSA) is 45.2 Å². The molecule has 0 amide bonds. The van der Waals surface area contributed by atoms with Gasteiger partial charge in [-0.3, -0.25) is 0 Å². The Morgan fingerprint density at radius 2 is 0.722 bits per heavy atom. The van der Waals surface area contributed by atoms with Crippen LogP contribution in [-0.4, -0.2) is 15.0 Å². The smallest absolute Gasteiger partial charge is 0.164 e. The molecule has 54 heavy (non-hydrogen) atoms. The lowest BCUT2D eigenvalue weighted by atomic mass is 9.73. The third-order valence-electron chi connectivity index (χ3n) is 10.5. The van der Waals surface area contributed by atoms with Gasteiger partial charge in [0.2, 0.25) is 0 Å². The van der Waals surface area contributed by atoms with Crippen molar-refractivity contribution in [3.63, 3.8) is 0 Å². The van der Waals surface area contributed by atoms with Gasteiger partial charge in [-0.15, -0.1) is 0 Å². The minimum Gasteiger partial charge on any atom is -0.310 e. The first-order valence-electron chi connectivity index (χ1n) is 18.2. The molecule has 8 aromatic rings. The Hall–Kier alpha value is -6.50. The minimum absolute atomic E-state index is 0.112. The van der Waals surface area contributed by atoms with E-state index in [4.69, 9.17) is 15.0 Å². The number of nitrogens with zero attached hydrogens (tertiary/aromatic N) is 5. The fraction of sp³-hybridized carbons (Fsp3) is 0.0625. The van der Waals surface area contributed by atoms with Crippen LogP contribution in [0.3, 0.4) is 0 Å². The SMILES string of the molecule is CC1(C)c2ccccc2N(c2ccc(-c3nc(-c4ccccc4)nc(-c4ccc(N5c6ccccc6Sc6ccccc65)cc4)n3)cc2)c2ccccc21. The van der Waals surface area contributed by atoms with Gasteiger partial charge in [0, 0.05) is 43.3 Å². The minimum atomic E-state index is -0.112. The van der Waals surface area contributed by atoms with Crippen LogP contribution in [0.1, 0.15) is 25.0 Å². The molecule has 0 spiro atoms. The molecule has 0 fully saturated rings. The summed E-state index contributed by atoms with van der Waals surface area (Å²) >= 11 is 1.81. The molecule has 10 rings (SSSR count). The molecular weight excluding hydrogens is 679 g/mol. The summed E-state index contributed by atoms with van der Waals surface area (Å²) in [7, 11) is 0. The molecule has 0 N–H and O–H groups in total. The van der Waals surface area contributed by atoms with Crippen LogP contribution in [0, 0.1) is 0 Å². The lowest BCUT2D eigenvalue weighted by Crippen LogP contribution is -2.30. The van der Waals surface area contributed by atoms with Crippen LogP contribution in [0.2, 0.25) is 0 Å². The summed E-state index contributed by atoms with van der Waals surface area (Å²) in [5.41, 5.74) is 12.2. The summed E-state index contributed by atoms with van der Waals surface area (Å²) in [6.45, 7) is 4.62. The Morgan fingerprint density at radius 1 is 0.370 bits per heavy atom. The van der Waals surface area contributed by atoms with Gasteiger partial charge in [-0.2, -0.15) is 0 Å². The van der Waals surface area contributed by atoms with E-state index in [0.717, 1.165) is 28.1 Å². The first-order valence-corrected chi connectivity index (χ1v) is 19.0. The number of aromatic nitrogens is 3. The number of benzene rings is 7. The highest BCUT2D eigenvalue weighted by Crippen LogP contribution is 2.53. The van der Waals surface area contributed by atoms with Gasteiger partial charge in [0.25, 0.3) is 0 Å². The number of hydrogen-bond acceptors (Lipinski definition) is 6. The van der Waals surface area contributed by atoms with Gasteiger partial charge in [0.1, 0.15) is 0 Å². The zero-order chi connectivity index (χ0) is 36.2. The molecule has 0 unspecified atom stereocenters. The van der Waals surface area contributed by atoms with Crippen LogP contribution in [-0.2, 0) is 5.41 Å². The van der Waals surface area contributed by atoms with Crippen molar-refractivity contribution >= 4 is 45.9 Å². The Bertz CT molecular complexity index is 2580. The summed E-state index contributed by atoms with van der Waals surface area (Å²) < 4.78 is 0. The summed E-state index contributed by atoms with van der Waals surface area (Å²) in [4.78, 5) is 22.3. The normalized spacial score (nSPS) is 13.7. The predicted octanol–water partition coefficient (Wildman–Crippen LogP) is 12.9. The molecule has 3 heterocycles. The number of hydrogen-bond donors (Lipinski definition) is 0. The molecular formula is C48H35N5S. The Labute approximate surface area is 319 Å². The highest BCUT2D eigenvalue weighted by molar-refractivity contribution is 7.99. The highest BCUT2D eigenvalue weighted by Gasteiger charge is 2.36. The molecule has 0 bridgehead atoms. The zero-order valence-corrected chi connectivity index (χ0v) is 30.7. The summed E-state index contributed by atoms with van der Waals surface area (Å²) in [5, 5.41) is 0. The molecule has 1 aromatic heterocycles. The van der Waals surface area contributed by atoms with Gasteiger partial charge in [-0.25, -0.2) is 15.0 Å². The number of anilines is 6. The molecule has 0 atom stereocenters. The van der Waals surface area contributed by atoms with Crippen LogP contribution in [0.15, 0.2) is 186 Å². The van der Waals surface area contributed by atoms with Crippen LogP contribution >= 0.6 is 11.8 Å². The van der Waals surface area contributed by atoms with Crippen molar-refractivity contribution in [2.45, 2.75) is 29.1 Å².